The first-order valence-electron chi connectivity index (χ1n) is 8.05. The summed E-state index contributed by atoms with van der Waals surface area (Å²) in [6.07, 6.45) is 2.30. The fourth-order valence-electron chi connectivity index (χ4n) is 2.95. The number of rotatable bonds is 5. The van der Waals surface area contributed by atoms with E-state index in [1.54, 1.807) is 6.92 Å². The number of hydrogen-bond donors (Lipinski definition) is 2. The topological polar surface area (TPSA) is 65.5 Å². The van der Waals surface area contributed by atoms with Crippen molar-refractivity contribution >= 4 is 5.91 Å². The van der Waals surface area contributed by atoms with Crippen LogP contribution in [0.15, 0.2) is 12.1 Å². The van der Waals surface area contributed by atoms with Gasteiger partial charge in [0.15, 0.2) is 0 Å². The molecule has 1 aromatic rings. The quantitative estimate of drug-likeness (QED) is 0.870. The SMILES string of the molecule is Cc1nc(CNC(=O)CC2CCN(C)CC2)ccc1C(C)O. The first-order chi connectivity index (χ1) is 10.5. The highest BCUT2D eigenvalue weighted by molar-refractivity contribution is 5.76. The molecular weight excluding hydrogens is 278 g/mol. The predicted octanol–water partition coefficient (Wildman–Crippen LogP) is 1.79. The van der Waals surface area contributed by atoms with E-state index in [0.29, 0.717) is 18.9 Å². The number of nitrogens with zero attached hydrogens (tertiary/aromatic N) is 2. The van der Waals surface area contributed by atoms with Gasteiger partial charge >= 0.3 is 0 Å². The Hall–Kier alpha value is -1.46. The molecule has 1 aromatic heterocycles. The van der Waals surface area contributed by atoms with Gasteiger partial charge in [0, 0.05) is 17.7 Å². The minimum absolute atomic E-state index is 0.105. The molecule has 2 rings (SSSR count). The van der Waals surface area contributed by atoms with E-state index >= 15 is 0 Å². The molecule has 0 aliphatic carbocycles. The molecule has 1 unspecified atom stereocenters. The largest absolute Gasteiger partial charge is 0.389 e. The number of nitrogens with one attached hydrogen (secondary N) is 1. The fourth-order valence-corrected chi connectivity index (χ4v) is 2.95. The molecule has 2 heterocycles. The number of pyridine rings is 1. The van der Waals surface area contributed by atoms with E-state index in [9.17, 15) is 9.90 Å². The summed E-state index contributed by atoms with van der Waals surface area (Å²) < 4.78 is 0. The normalized spacial score (nSPS) is 18.2. The summed E-state index contributed by atoms with van der Waals surface area (Å²) in [4.78, 5) is 18.8. The van der Waals surface area contributed by atoms with E-state index in [4.69, 9.17) is 0 Å². The minimum atomic E-state index is -0.513. The Kier molecular flexibility index (Phi) is 5.91. The number of aliphatic hydroxyl groups is 1. The predicted molar refractivity (Wildman–Crippen MR) is 86.3 cm³/mol. The van der Waals surface area contributed by atoms with Gasteiger partial charge in [-0.2, -0.15) is 0 Å². The zero-order chi connectivity index (χ0) is 16.1. The number of aromatic nitrogens is 1. The number of carbonyl (C=O) groups is 1. The number of piperidine rings is 1. The standard InChI is InChI=1S/C17H27N3O2/c1-12-16(13(2)21)5-4-15(19-12)11-18-17(22)10-14-6-8-20(3)9-7-14/h4-5,13-14,21H,6-11H2,1-3H3,(H,18,22). The van der Waals surface area contributed by atoms with Gasteiger partial charge in [-0.15, -0.1) is 0 Å². The molecule has 0 radical (unpaired) electrons. The van der Waals surface area contributed by atoms with E-state index in [0.717, 1.165) is 42.9 Å². The lowest BCUT2D eigenvalue weighted by atomic mass is 9.93. The summed E-state index contributed by atoms with van der Waals surface area (Å²) in [6, 6.07) is 3.75. The minimum Gasteiger partial charge on any atom is -0.389 e. The van der Waals surface area contributed by atoms with Gasteiger partial charge in [-0.25, -0.2) is 0 Å². The third-order valence-corrected chi connectivity index (χ3v) is 4.41. The summed E-state index contributed by atoms with van der Waals surface area (Å²) in [5.41, 5.74) is 2.48. The Bertz CT molecular complexity index is 509. The zero-order valence-electron chi connectivity index (χ0n) is 13.8. The Morgan fingerprint density at radius 1 is 1.45 bits per heavy atom. The van der Waals surface area contributed by atoms with Gasteiger partial charge in [0.1, 0.15) is 0 Å². The van der Waals surface area contributed by atoms with Crippen molar-refractivity contribution in [2.45, 2.75) is 45.8 Å². The average molecular weight is 305 g/mol. The first-order valence-corrected chi connectivity index (χ1v) is 8.05. The molecule has 5 nitrogen and oxygen atoms in total. The van der Waals surface area contributed by atoms with Gasteiger partial charge in [-0.05, 0) is 58.8 Å². The van der Waals surface area contributed by atoms with Gasteiger partial charge in [0.05, 0.1) is 18.3 Å². The van der Waals surface area contributed by atoms with Crippen LogP contribution in [0.1, 0.15) is 49.2 Å². The van der Waals surface area contributed by atoms with E-state index in [-0.39, 0.29) is 5.91 Å². The van der Waals surface area contributed by atoms with Crippen molar-refractivity contribution in [2.75, 3.05) is 20.1 Å². The highest BCUT2D eigenvalue weighted by Crippen LogP contribution is 2.19. The van der Waals surface area contributed by atoms with Crippen LogP contribution in [0.5, 0.6) is 0 Å². The Labute approximate surface area is 132 Å². The third-order valence-electron chi connectivity index (χ3n) is 4.41. The van der Waals surface area contributed by atoms with Crippen molar-refractivity contribution in [3.8, 4) is 0 Å². The fraction of sp³-hybridized carbons (Fsp3) is 0.647. The molecule has 0 bridgehead atoms. The van der Waals surface area contributed by atoms with Crippen LogP contribution in [-0.4, -0.2) is 41.0 Å². The van der Waals surface area contributed by atoms with Gasteiger partial charge in [0.2, 0.25) is 5.91 Å². The number of carbonyl (C=O) groups excluding carboxylic acids is 1. The van der Waals surface area contributed by atoms with Crippen molar-refractivity contribution in [2.24, 2.45) is 5.92 Å². The Morgan fingerprint density at radius 2 is 2.14 bits per heavy atom. The highest BCUT2D eigenvalue weighted by Gasteiger charge is 2.19. The molecular formula is C17H27N3O2. The molecule has 1 amide bonds. The molecule has 1 atom stereocenters. The maximum Gasteiger partial charge on any atom is 0.220 e. The van der Waals surface area contributed by atoms with Crippen LogP contribution in [0, 0.1) is 12.8 Å². The number of hydrogen-bond acceptors (Lipinski definition) is 4. The van der Waals surface area contributed by atoms with Crippen LogP contribution in [0.4, 0.5) is 0 Å². The average Bonchev–Trinajstić information content (AvgIpc) is 2.47. The number of likely N-dealkylation sites (tertiary alicyclic amines) is 1. The van der Waals surface area contributed by atoms with E-state index in [2.05, 4.69) is 22.2 Å². The van der Waals surface area contributed by atoms with Gasteiger partial charge in [-0.3, -0.25) is 9.78 Å². The first kappa shape index (κ1) is 16.9. The molecule has 1 aliphatic rings. The van der Waals surface area contributed by atoms with Crippen molar-refractivity contribution in [3.05, 3.63) is 29.1 Å². The Balaban J connectivity index is 1.80. The summed E-state index contributed by atoms with van der Waals surface area (Å²) in [5.74, 6) is 0.608. The lowest BCUT2D eigenvalue weighted by molar-refractivity contribution is -0.122. The maximum absolute atomic E-state index is 12.0. The number of amides is 1. The van der Waals surface area contributed by atoms with Crippen LogP contribution in [0.25, 0.3) is 0 Å². The third kappa shape index (κ3) is 4.78. The molecule has 1 saturated heterocycles. The number of aryl methyl sites for hydroxylation is 1. The molecule has 1 aliphatic heterocycles. The smallest absolute Gasteiger partial charge is 0.220 e. The van der Waals surface area contributed by atoms with E-state index in [1.807, 2.05) is 19.1 Å². The summed E-state index contributed by atoms with van der Waals surface area (Å²) in [6.45, 7) is 6.23. The maximum atomic E-state index is 12.0. The van der Waals surface area contributed by atoms with Gasteiger partial charge in [0.25, 0.3) is 0 Å². The molecule has 122 valence electrons. The lowest BCUT2D eigenvalue weighted by Crippen LogP contribution is -2.33. The molecule has 0 aromatic carbocycles. The zero-order valence-corrected chi connectivity index (χ0v) is 13.8. The van der Waals surface area contributed by atoms with Crippen LogP contribution in [-0.2, 0) is 11.3 Å². The summed E-state index contributed by atoms with van der Waals surface area (Å²) in [7, 11) is 2.13. The van der Waals surface area contributed by atoms with E-state index in [1.165, 1.54) is 0 Å². The van der Waals surface area contributed by atoms with Gasteiger partial charge in [-0.1, -0.05) is 6.07 Å². The van der Waals surface area contributed by atoms with Crippen LogP contribution in [0.2, 0.25) is 0 Å². The molecule has 5 heteroatoms. The summed E-state index contributed by atoms with van der Waals surface area (Å²) in [5, 5.41) is 12.6. The van der Waals surface area contributed by atoms with Crippen molar-refractivity contribution < 1.29 is 9.90 Å². The second kappa shape index (κ2) is 7.70. The monoisotopic (exact) mass is 305 g/mol. The van der Waals surface area contributed by atoms with Crippen LogP contribution < -0.4 is 5.32 Å². The van der Waals surface area contributed by atoms with Crippen molar-refractivity contribution in [1.82, 2.24) is 15.2 Å². The lowest BCUT2D eigenvalue weighted by Gasteiger charge is -2.28. The molecule has 0 saturated carbocycles. The van der Waals surface area contributed by atoms with Crippen LogP contribution in [0.3, 0.4) is 0 Å². The molecule has 2 N–H and O–H groups in total. The molecule has 0 spiro atoms. The number of aliphatic hydroxyl groups excluding tert-OH is 1. The molecule has 1 fully saturated rings. The second-order valence-electron chi connectivity index (χ2n) is 6.38. The van der Waals surface area contributed by atoms with Crippen LogP contribution >= 0.6 is 0 Å². The van der Waals surface area contributed by atoms with Gasteiger partial charge < -0.3 is 15.3 Å². The highest BCUT2D eigenvalue weighted by atomic mass is 16.3. The second-order valence-corrected chi connectivity index (χ2v) is 6.38. The van der Waals surface area contributed by atoms with Crippen molar-refractivity contribution in [3.63, 3.8) is 0 Å². The molecule has 22 heavy (non-hydrogen) atoms. The summed E-state index contributed by atoms with van der Waals surface area (Å²) >= 11 is 0. The Morgan fingerprint density at radius 3 is 2.73 bits per heavy atom. The van der Waals surface area contributed by atoms with E-state index < -0.39 is 6.10 Å². The van der Waals surface area contributed by atoms with Crippen molar-refractivity contribution in [1.29, 1.82) is 0 Å².